The smallest absolute Gasteiger partial charge is 0.268 e. The van der Waals surface area contributed by atoms with Gasteiger partial charge in [0.25, 0.3) is 7.82 Å². The Morgan fingerprint density at radius 2 is 0.935 bits per heavy atom. The van der Waals surface area contributed by atoms with Gasteiger partial charge < -0.3 is 28.8 Å². The number of nitrogens with zero attached hydrogens (tertiary/aromatic N) is 1. The summed E-state index contributed by atoms with van der Waals surface area (Å²) < 4.78 is 23.4. The van der Waals surface area contributed by atoms with Gasteiger partial charge in [-0.3, -0.25) is 9.36 Å². The van der Waals surface area contributed by atoms with E-state index in [1.807, 2.05) is 21.1 Å². The van der Waals surface area contributed by atoms with Gasteiger partial charge in [-0.15, -0.1) is 0 Å². The van der Waals surface area contributed by atoms with Crippen LogP contribution in [0.4, 0.5) is 0 Å². The molecule has 0 radical (unpaired) electrons. The van der Waals surface area contributed by atoms with Crippen molar-refractivity contribution in [2.24, 2.45) is 0 Å². The second-order valence-corrected chi connectivity index (χ2v) is 20.6. The van der Waals surface area contributed by atoms with E-state index in [0.717, 1.165) is 64.2 Å². The Hall–Kier alpha value is -1.28. The number of carbonyl (C=O) groups excluding carboxylic acids is 1. The lowest BCUT2D eigenvalue weighted by atomic mass is 10.0. The molecule has 3 unspecified atom stereocenters. The monoisotopic (exact) mass is 895 g/mol. The fourth-order valence-corrected chi connectivity index (χ4v) is 8.42. The number of nitrogens with one attached hydrogen (secondary N) is 1. The normalized spacial score (nSPS) is 14.4. The summed E-state index contributed by atoms with van der Waals surface area (Å²) in [6.45, 7) is 4.70. The van der Waals surface area contributed by atoms with Crippen molar-refractivity contribution in [2.75, 3.05) is 40.9 Å². The van der Waals surface area contributed by atoms with Gasteiger partial charge in [0, 0.05) is 6.42 Å². The summed E-state index contributed by atoms with van der Waals surface area (Å²) in [6.07, 6.45) is 55.8. The van der Waals surface area contributed by atoms with E-state index in [0.29, 0.717) is 23.9 Å². The zero-order valence-electron chi connectivity index (χ0n) is 41.6. The quantitative estimate of drug-likeness (QED) is 0.0273. The summed E-state index contributed by atoms with van der Waals surface area (Å²) in [4.78, 5) is 25.5. The lowest BCUT2D eigenvalue weighted by molar-refractivity contribution is -0.870. The molecule has 62 heavy (non-hydrogen) atoms. The van der Waals surface area contributed by atoms with Crippen LogP contribution in [0, 0.1) is 0 Å². The third-order valence-corrected chi connectivity index (χ3v) is 12.8. The fraction of sp³-hybridized carbons (Fsp3) is 0.868. The molecule has 0 saturated heterocycles. The number of phosphoric ester groups is 1. The molecular weight excluding hydrogens is 792 g/mol. The zero-order chi connectivity index (χ0) is 45.7. The summed E-state index contributed by atoms with van der Waals surface area (Å²) >= 11 is 0. The number of aliphatic hydroxyl groups is 1. The van der Waals surface area contributed by atoms with Crippen LogP contribution < -0.4 is 10.2 Å². The predicted molar refractivity (Wildman–Crippen MR) is 265 cm³/mol. The van der Waals surface area contributed by atoms with Gasteiger partial charge in [0.1, 0.15) is 13.2 Å². The summed E-state index contributed by atoms with van der Waals surface area (Å²) in [5.41, 5.74) is 0. The highest BCUT2D eigenvalue weighted by Gasteiger charge is 2.24. The molecule has 8 nitrogen and oxygen atoms in total. The molecular formula is C53H103N2O6P. The van der Waals surface area contributed by atoms with Crippen LogP contribution in [-0.4, -0.2) is 68.5 Å². The van der Waals surface area contributed by atoms with Gasteiger partial charge in [0.15, 0.2) is 0 Å². The Kier molecular flexibility index (Phi) is 44.0. The van der Waals surface area contributed by atoms with Gasteiger partial charge in [-0.05, 0) is 51.4 Å². The summed E-state index contributed by atoms with van der Waals surface area (Å²) in [5.74, 6) is -0.176. The van der Waals surface area contributed by atoms with Gasteiger partial charge >= 0.3 is 0 Å². The van der Waals surface area contributed by atoms with E-state index in [1.54, 1.807) is 0 Å². The molecule has 0 aliphatic rings. The molecule has 0 aromatic carbocycles. The van der Waals surface area contributed by atoms with Gasteiger partial charge in [-0.2, -0.15) is 0 Å². The Labute approximate surface area is 385 Å². The number of aliphatic hydroxyl groups excluding tert-OH is 1. The van der Waals surface area contributed by atoms with Crippen molar-refractivity contribution in [3.63, 3.8) is 0 Å². The van der Waals surface area contributed by atoms with E-state index in [2.05, 4.69) is 55.6 Å². The topological polar surface area (TPSA) is 108 Å². The zero-order valence-corrected chi connectivity index (χ0v) is 42.5. The first-order chi connectivity index (χ1) is 30.0. The highest BCUT2D eigenvalue weighted by Crippen LogP contribution is 2.38. The Morgan fingerprint density at radius 1 is 0.565 bits per heavy atom. The van der Waals surface area contributed by atoms with Crippen molar-refractivity contribution in [1.29, 1.82) is 0 Å². The second-order valence-electron chi connectivity index (χ2n) is 19.2. The number of carbonyl (C=O) groups is 1. The predicted octanol–water partition coefficient (Wildman–Crippen LogP) is 14.8. The van der Waals surface area contributed by atoms with Crippen LogP contribution in [0.3, 0.4) is 0 Å². The standard InChI is InChI=1S/C53H103N2O6P/c1-6-8-10-12-14-16-18-20-22-24-26-27-29-30-32-34-36-38-40-42-44-46-52(56)51(50-61-62(58,59)60-49-48-55(3,4)5)54-53(57)47-45-43-41-39-37-35-33-31-28-25-23-21-19-17-15-13-11-9-7-2/h15,17,21,23,28,31,51-52,56H,6-14,16,18-20,22,24-27,29-30,32-50H2,1-5H3,(H-,54,57,58,59)/b17-15-,23-21-,31-28-. The molecule has 0 saturated carbocycles. The largest absolute Gasteiger partial charge is 0.756 e. The third kappa shape index (κ3) is 46.7. The van der Waals surface area contributed by atoms with Crippen LogP contribution in [0.15, 0.2) is 36.5 Å². The van der Waals surface area contributed by atoms with Crippen molar-refractivity contribution < 1.29 is 32.9 Å². The third-order valence-electron chi connectivity index (χ3n) is 11.9. The van der Waals surface area contributed by atoms with Crippen molar-refractivity contribution >= 4 is 13.7 Å². The minimum Gasteiger partial charge on any atom is -0.756 e. The van der Waals surface area contributed by atoms with E-state index < -0.39 is 20.0 Å². The number of unbranched alkanes of at least 4 members (excludes halogenated alkanes) is 29. The van der Waals surface area contributed by atoms with Crippen LogP contribution in [0.1, 0.15) is 245 Å². The van der Waals surface area contributed by atoms with Crippen LogP contribution in [0.2, 0.25) is 0 Å². The highest BCUT2D eigenvalue weighted by molar-refractivity contribution is 7.45. The molecule has 0 spiro atoms. The molecule has 0 heterocycles. The van der Waals surface area contributed by atoms with Crippen molar-refractivity contribution in [3.05, 3.63) is 36.5 Å². The number of likely N-dealkylation sites (N-methyl/N-ethyl adjacent to an activating group) is 1. The van der Waals surface area contributed by atoms with E-state index in [4.69, 9.17) is 9.05 Å². The summed E-state index contributed by atoms with van der Waals surface area (Å²) in [6, 6.07) is -0.808. The number of quaternary nitrogens is 1. The van der Waals surface area contributed by atoms with E-state index in [9.17, 15) is 19.4 Å². The van der Waals surface area contributed by atoms with Crippen molar-refractivity contribution in [1.82, 2.24) is 5.32 Å². The maximum absolute atomic E-state index is 12.9. The maximum atomic E-state index is 12.9. The fourth-order valence-electron chi connectivity index (χ4n) is 7.69. The molecule has 0 bridgehead atoms. The van der Waals surface area contributed by atoms with Gasteiger partial charge in [0.2, 0.25) is 5.91 Å². The summed E-state index contributed by atoms with van der Waals surface area (Å²) in [7, 11) is 1.30. The van der Waals surface area contributed by atoms with Crippen LogP contribution in [0.5, 0.6) is 0 Å². The van der Waals surface area contributed by atoms with E-state index >= 15 is 0 Å². The lowest BCUT2D eigenvalue weighted by Crippen LogP contribution is -2.46. The first kappa shape index (κ1) is 60.7. The van der Waals surface area contributed by atoms with E-state index in [-0.39, 0.29) is 19.1 Å². The number of hydrogen-bond acceptors (Lipinski definition) is 6. The molecule has 2 N–H and O–H groups in total. The molecule has 9 heteroatoms. The van der Waals surface area contributed by atoms with Gasteiger partial charge in [-0.25, -0.2) is 0 Å². The second kappa shape index (κ2) is 44.9. The number of allylic oxidation sites excluding steroid dienone is 6. The molecule has 3 atom stereocenters. The Morgan fingerprint density at radius 3 is 1.39 bits per heavy atom. The minimum absolute atomic E-state index is 0.00909. The molecule has 0 rings (SSSR count). The van der Waals surface area contributed by atoms with Crippen molar-refractivity contribution in [3.8, 4) is 0 Å². The molecule has 0 aliphatic carbocycles. The Balaban J connectivity index is 4.27. The maximum Gasteiger partial charge on any atom is 0.268 e. The van der Waals surface area contributed by atoms with Crippen LogP contribution >= 0.6 is 7.82 Å². The number of amides is 1. The molecule has 366 valence electrons. The highest BCUT2D eigenvalue weighted by atomic mass is 31.2. The minimum atomic E-state index is -4.57. The number of phosphoric acid groups is 1. The SMILES string of the molecule is CCCCC/C=C\C/C=C\C/C=C\CCCCCCCCC(=O)NC(COP(=O)([O-])OCC[N+](C)(C)C)C(O)CCCCCCCCCCCCCCCCCCCCCCC. The average molecular weight is 895 g/mol. The van der Waals surface area contributed by atoms with Gasteiger partial charge in [-0.1, -0.05) is 224 Å². The Bertz CT molecular complexity index is 1110. The molecule has 0 aliphatic heterocycles. The first-order valence-electron chi connectivity index (χ1n) is 26.3. The lowest BCUT2D eigenvalue weighted by Gasteiger charge is -2.30. The van der Waals surface area contributed by atoms with Gasteiger partial charge in [0.05, 0.1) is 39.9 Å². The average Bonchev–Trinajstić information content (AvgIpc) is 3.23. The number of hydrogen-bond donors (Lipinski definition) is 2. The molecule has 0 aromatic rings. The molecule has 0 fully saturated rings. The van der Waals surface area contributed by atoms with Crippen molar-refractivity contribution in [2.45, 2.75) is 257 Å². The summed E-state index contributed by atoms with van der Waals surface area (Å²) in [5, 5.41) is 14.0. The molecule has 1 amide bonds. The number of rotatable bonds is 48. The van der Waals surface area contributed by atoms with Crippen LogP contribution in [-0.2, 0) is 18.4 Å². The first-order valence-corrected chi connectivity index (χ1v) is 27.8. The van der Waals surface area contributed by atoms with E-state index in [1.165, 1.54) is 154 Å². The van der Waals surface area contributed by atoms with Crippen LogP contribution in [0.25, 0.3) is 0 Å². The molecule has 0 aromatic heterocycles.